The van der Waals surface area contributed by atoms with Gasteiger partial charge in [0.15, 0.2) is 0 Å². The average molecular weight is 347 g/mol. The van der Waals surface area contributed by atoms with Gasteiger partial charge < -0.3 is 9.64 Å². The lowest BCUT2D eigenvalue weighted by Gasteiger charge is -2.42. The summed E-state index contributed by atoms with van der Waals surface area (Å²) in [6, 6.07) is 20.0. The van der Waals surface area contributed by atoms with Crippen molar-refractivity contribution in [2.45, 2.75) is 38.6 Å². The smallest absolute Gasteiger partial charge is 0.227 e. The van der Waals surface area contributed by atoms with Gasteiger partial charge in [-0.05, 0) is 36.5 Å². The second-order valence-corrected chi connectivity index (χ2v) is 7.29. The second-order valence-electron chi connectivity index (χ2n) is 7.29. The molecule has 1 saturated heterocycles. The molecule has 1 amide bonds. The minimum atomic E-state index is 0.222. The summed E-state index contributed by atoms with van der Waals surface area (Å²) in [5.41, 5.74) is 2.21. The Morgan fingerprint density at radius 3 is 2.42 bits per heavy atom. The average Bonchev–Trinajstić information content (AvgIpc) is 2.69. The number of hydrogen-bond acceptors (Lipinski definition) is 2. The molecule has 2 aromatic rings. The van der Waals surface area contributed by atoms with E-state index in [0.717, 1.165) is 29.9 Å². The van der Waals surface area contributed by atoms with E-state index in [0.29, 0.717) is 24.8 Å². The molecule has 1 heterocycles. The first-order valence-corrected chi connectivity index (χ1v) is 9.57. The van der Waals surface area contributed by atoms with Gasteiger partial charge in [-0.3, -0.25) is 4.79 Å². The first-order chi connectivity index (χ1) is 12.8. The maximum absolute atomic E-state index is 12.9. The van der Waals surface area contributed by atoms with E-state index in [9.17, 15) is 4.79 Å². The lowest BCUT2D eigenvalue weighted by Crippen LogP contribution is -2.43. The Balaban J connectivity index is 1.63. The number of piperidine rings is 1. The Hall–Kier alpha value is -2.55. The number of carbonyl (C=O) groups excluding carboxylic acids is 1. The molecule has 1 aliphatic heterocycles. The molecular weight excluding hydrogens is 322 g/mol. The summed E-state index contributed by atoms with van der Waals surface area (Å²) < 4.78 is 5.95. The molecule has 0 bridgehead atoms. The van der Waals surface area contributed by atoms with E-state index in [1.807, 2.05) is 59.7 Å². The highest BCUT2D eigenvalue weighted by atomic mass is 16.5. The van der Waals surface area contributed by atoms with Crippen LogP contribution in [-0.4, -0.2) is 10.8 Å². The summed E-state index contributed by atoms with van der Waals surface area (Å²) >= 11 is 0. The van der Waals surface area contributed by atoms with Gasteiger partial charge in [0.1, 0.15) is 12.0 Å². The summed E-state index contributed by atoms with van der Waals surface area (Å²) in [4.78, 5) is 14.9. The molecule has 4 rings (SSSR count). The summed E-state index contributed by atoms with van der Waals surface area (Å²) in [6.45, 7) is 0.618. The number of nitrogens with zero attached hydrogens (tertiary/aromatic N) is 1. The van der Waals surface area contributed by atoms with E-state index < -0.39 is 0 Å². The SMILES string of the molecule is O=C1CC2CCCCC2/C(=C/Oc2ccccc2)N1Cc1ccccc1. The van der Waals surface area contributed by atoms with Gasteiger partial charge in [-0.25, -0.2) is 0 Å². The van der Waals surface area contributed by atoms with Crippen LogP contribution in [0.1, 0.15) is 37.7 Å². The molecule has 0 radical (unpaired) electrons. The van der Waals surface area contributed by atoms with Crippen molar-refractivity contribution < 1.29 is 9.53 Å². The highest BCUT2D eigenvalue weighted by Gasteiger charge is 2.39. The molecular formula is C23H25NO2. The number of hydrogen-bond donors (Lipinski definition) is 0. The van der Waals surface area contributed by atoms with Crippen molar-refractivity contribution in [3.8, 4) is 5.75 Å². The fourth-order valence-electron chi connectivity index (χ4n) is 4.24. The number of likely N-dealkylation sites (tertiary alicyclic amines) is 1. The van der Waals surface area contributed by atoms with Crippen LogP contribution in [0.3, 0.4) is 0 Å². The molecule has 1 saturated carbocycles. The molecule has 0 aromatic heterocycles. The first-order valence-electron chi connectivity index (χ1n) is 9.57. The molecule has 2 aromatic carbocycles. The number of benzene rings is 2. The Bertz CT molecular complexity index is 769. The van der Waals surface area contributed by atoms with Gasteiger partial charge in [0.2, 0.25) is 5.91 Å². The third-order valence-electron chi connectivity index (χ3n) is 5.58. The number of carbonyl (C=O) groups is 1. The number of para-hydroxylation sites is 1. The van der Waals surface area contributed by atoms with Gasteiger partial charge in [-0.1, -0.05) is 61.4 Å². The van der Waals surface area contributed by atoms with E-state index in [2.05, 4.69) is 12.1 Å². The molecule has 134 valence electrons. The standard InChI is InChI=1S/C23H25NO2/c25-23-15-19-11-7-8-14-21(19)22(17-26-20-12-5-2-6-13-20)24(23)16-18-9-3-1-4-10-18/h1-6,9-10,12-13,17,19,21H,7-8,11,14-16H2/b22-17-. The molecule has 26 heavy (non-hydrogen) atoms. The summed E-state index contributed by atoms with van der Waals surface area (Å²) in [5.74, 6) is 1.92. The fourth-order valence-corrected chi connectivity index (χ4v) is 4.24. The summed E-state index contributed by atoms with van der Waals surface area (Å²) in [7, 11) is 0. The number of rotatable bonds is 4. The highest BCUT2D eigenvalue weighted by molar-refractivity contribution is 5.79. The number of amides is 1. The predicted octanol–water partition coefficient (Wildman–Crippen LogP) is 5.15. The van der Waals surface area contributed by atoms with Crippen LogP contribution in [-0.2, 0) is 11.3 Å². The van der Waals surface area contributed by atoms with E-state index in [1.54, 1.807) is 0 Å². The van der Waals surface area contributed by atoms with Crippen LogP contribution in [0.4, 0.5) is 0 Å². The quantitative estimate of drug-likeness (QED) is 0.716. The Kier molecular flexibility index (Phi) is 5.05. The van der Waals surface area contributed by atoms with Crippen molar-refractivity contribution in [3.05, 3.63) is 78.2 Å². The van der Waals surface area contributed by atoms with Gasteiger partial charge >= 0.3 is 0 Å². The van der Waals surface area contributed by atoms with Gasteiger partial charge in [-0.15, -0.1) is 0 Å². The zero-order valence-corrected chi connectivity index (χ0v) is 15.0. The van der Waals surface area contributed by atoms with Gasteiger partial charge in [0.05, 0.1) is 12.2 Å². The molecule has 2 unspecified atom stereocenters. The molecule has 0 N–H and O–H groups in total. The first kappa shape index (κ1) is 16.9. The van der Waals surface area contributed by atoms with E-state index >= 15 is 0 Å². The molecule has 1 aliphatic carbocycles. The Labute approximate surface area is 155 Å². The lowest BCUT2D eigenvalue weighted by atomic mass is 9.73. The largest absolute Gasteiger partial charge is 0.463 e. The zero-order chi connectivity index (χ0) is 17.8. The van der Waals surface area contributed by atoms with Crippen LogP contribution in [0, 0.1) is 11.8 Å². The molecule has 2 fully saturated rings. The summed E-state index contributed by atoms with van der Waals surface area (Å²) in [5, 5.41) is 0. The van der Waals surface area contributed by atoms with E-state index in [1.165, 1.54) is 12.8 Å². The number of allylic oxidation sites excluding steroid dienone is 1. The van der Waals surface area contributed by atoms with Crippen LogP contribution in [0.5, 0.6) is 5.75 Å². The maximum Gasteiger partial charge on any atom is 0.227 e. The van der Waals surface area contributed by atoms with Crippen LogP contribution < -0.4 is 4.74 Å². The number of fused-ring (bicyclic) bond motifs is 1. The number of ether oxygens (including phenoxy) is 1. The topological polar surface area (TPSA) is 29.5 Å². The Morgan fingerprint density at radius 2 is 1.65 bits per heavy atom. The van der Waals surface area contributed by atoms with Crippen molar-refractivity contribution >= 4 is 5.91 Å². The van der Waals surface area contributed by atoms with Crippen LogP contribution in [0.15, 0.2) is 72.6 Å². The molecule has 2 aliphatic rings. The highest BCUT2D eigenvalue weighted by Crippen LogP contribution is 2.43. The van der Waals surface area contributed by atoms with E-state index in [-0.39, 0.29) is 5.91 Å². The zero-order valence-electron chi connectivity index (χ0n) is 15.0. The van der Waals surface area contributed by atoms with Gasteiger partial charge in [-0.2, -0.15) is 0 Å². The van der Waals surface area contributed by atoms with Gasteiger partial charge in [0.25, 0.3) is 0 Å². The van der Waals surface area contributed by atoms with Crippen LogP contribution >= 0.6 is 0 Å². The normalized spacial score (nSPS) is 24.4. The lowest BCUT2D eigenvalue weighted by molar-refractivity contribution is -0.135. The van der Waals surface area contributed by atoms with Crippen molar-refractivity contribution in [3.63, 3.8) is 0 Å². The fraction of sp³-hybridized carbons (Fsp3) is 0.348. The molecule has 3 heteroatoms. The molecule has 2 atom stereocenters. The third-order valence-corrected chi connectivity index (χ3v) is 5.58. The predicted molar refractivity (Wildman–Crippen MR) is 102 cm³/mol. The summed E-state index contributed by atoms with van der Waals surface area (Å²) in [6.07, 6.45) is 7.27. The second kappa shape index (κ2) is 7.77. The molecule has 3 nitrogen and oxygen atoms in total. The van der Waals surface area contributed by atoms with E-state index in [4.69, 9.17) is 4.74 Å². The van der Waals surface area contributed by atoms with Crippen molar-refractivity contribution in [1.82, 2.24) is 4.90 Å². The van der Waals surface area contributed by atoms with Gasteiger partial charge in [0, 0.05) is 12.3 Å². The van der Waals surface area contributed by atoms with Crippen LogP contribution in [0.25, 0.3) is 0 Å². The maximum atomic E-state index is 12.9. The van der Waals surface area contributed by atoms with Crippen molar-refractivity contribution in [2.75, 3.05) is 0 Å². The third kappa shape index (κ3) is 3.67. The van der Waals surface area contributed by atoms with Crippen molar-refractivity contribution in [1.29, 1.82) is 0 Å². The minimum Gasteiger partial charge on any atom is -0.463 e. The monoisotopic (exact) mass is 347 g/mol. The van der Waals surface area contributed by atoms with Crippen molar-refractivity contribution in [2.24, 2.45) is 11.8 Å². The van der Waals surface area contributed by atoms with Crippen LogP contribution in [0.2, 0.25) is 0 Å². The Morgan fingerprint density at radius 1 is 0.962 bits per heavy atom. The molecule has 0 spiro atoms. The minimum absolute atomic E-state index is 0.222.